The zero-order chi connectivity index (χ0) is 8.39. The van der Waals surface area contributed by atoms with Crippen LogP contribution in [0.4, 0.5) is 0 Å². The monoisotopic (exact) mass is 161 g/mol. The largest absolute Gasteiger partial charge is 0.347 e. The van der Waals surface area contributed by atoms with Crippen molar-refractivity contribution in [3.05, 3.63) is 42.5 Å². The predicted octanol–water partition coefficient (Wildman–Crippen LogP) is 1.82. The maximum Gasteiger partial charge on any atom is 0.0582 e. The lowest BCUT2D eigenvalue weighted by atomic mass is 10.2. The van der Waals surface area contributed by atoms with Gasteiger partial charge in [0.1, 0.15) is 0 Å². The molecular weight excluding hydrogens is 150 g/mol. The molecule has 0 bridgehead atoms. The molecule has 3 nitrogen and oxygen atoms in total. The maximum atomic E-state index is 3.91. The summed E-state index contributed by atoms with van der Waals surface area (Å²) in [7, 11) is 0. The Morgan fingerprint density at radius 3 is 2.75 bits per heavy atom. The average molecular weight is 161 g/mol. The van der Waals surface area contributed by atoms with Gasteiger partial charge in [0.25, 0.3) is 0 Å². The van der Waals surface area contributed by atoms with Crippen LogP contribution in [0.1, 0.15) is 18.5 Å². The molecule has 0 saturated carbocycles. The Morgan fingerprint density at radius 2 is 2.17 bits per heavy atom. The van der Waals surface area contributed by atoms with Crippen molar-refractivity contribution in [2.45, 2.75) is 13.0 Å². The molecule has 0 aliphatic rings. The van der Waals surface area contributed by atoms with Crippen molar-refractivity contribution >= 4 is 0 Å². The number of nitrogens with zero attached hydrogens (tertiary/aromatic N) is 2. The predicted molar refractivity (Wildman–Crippen MR) is 46.8 cm³/mol. The molecule has 0 saturated heterocycles. The van der Waals surface area contributed by atoms with Gasteiger partial charge in [-0.15, -0.1) is 0 Å². The summed E-state index contributed by atoms with van der Waals surface area (Å²) < 4.78 is 2.14. The Bertz CT molecular complexity index is 286. The van der Waals surface area contributed by atoms with Crippen LogP contribution in [0.15, 0.2) is 36.9 Å². The van der Waals surface area contributed by atoms with E-state index in [-0.39, 0.29) is 0 Å². The molecule has 2 aromatic rings. The highest BCUT2D eigenvalue weighted by Gasteiger charge is 2.05. The molecule has 12 heavy (non-hydrogen) atoms. The number of hydrogen-bond donors (Lipinski definition) is 1. The summed E-state index contributed by atoms with van der Waals surface area (Å²) in [5.74, 6) is 0. The maximum absolute atomic E-state index is 3.91. The minimum atomic E-state index is 0.360. The third-order valence-electron chi connectivity index (χ3n) is 2.08. The third-order valence-corrected chi connectivity index (χ3v) is 2.08. The van der Waals surface area contributed by atoms with Gasteiger partial charge in [-0.25, -0.2) is 0 Å². The molecule has 1 atom stereocenters. The van der Waals surface area contributed by atoms with Crippen molar-refractivity contribution < 1.29 is 0 Å². The Kier molecular flexibility index (Phi) is 1.70. The zero-order valence-corrected chi connectivity index (χ0v) is 6.94. The van der Waals surface area contributed by atoms with Gasteiger partial charge in [-0.2, -0.15) is 5.10 Å². The highest BCUT2D eigenvalue weighted by atomic mass is 15.1. The minimum absolute atomic E-state index is 0.360. The molecule has 0 spiro atoms. The Labute approximate surface area is 71.0 Å². The van der Waals surface area contributed by atoms with Gasteiger partial charge in [-0.1, -0.05) is 0 Å². The van der Waals surface area contributed by atoms with E-state index < -0.39 is 0 Å². The summed E-state index contributed by atoms with van der Waals surface area (Å²) in [4.78, 5) is 0. The fourth-order valence-electron chi connectivity index (χ4n) is 1.27. The minimum Gasteiger partial charge on any atom is -0.347 e. The van der Waals surface area contributed by atoms with Crippen LogP contribution >= 0.6 is 0 Å². The first-order valence-corrected chi connectivity index (χ1v) is 3.99. The number of hydrogen-bond acceptors (Lipinski definition) is 1. The topological polar surface area (TPSA) is 33.6 Å². The van der Waals surface area contributed by atoms with Crippen LogP contribution in [0.3, 0.4) is 0 Å². The van der Waals surface area contributed by atoms with Crippen LogP contribution in [0, 0.1) is 0 Å². The molecule has 0 aromatic carbocycles. The van der Waals surface area contributed by atoms with Gasteiger partial charge < -0.3 is 4.57 Å². The van der Waals surface area contributed by atoms with Crippen molar-refractivity contribution in [1.82, 2.24) is 14.8 Å². The summed E-state index contributed by atoms with van der Waals surface area (Å²) in [6.45, 7) is 2.14. The van der Waals surface area contributed by atoms with Crippen LogP contribution in [-0.4, -0.2) is 14.8 Å². The van der Waals surface area contributed by atoms with Gasteiger partial charge in [0.2, 0.25) is 0 Å². The van der Waals surface area contributed by atoms with Crippen molar-refractivity contribution in [2.24, 2.45) is 0 Å². The van der Waals surface area contributed by atoms with Gasteiger partial charge in [0.15, 0.2) is 0 Å². The number of nitrogens with one attached hydrogen (secondary N) is 1. The number of H-pyrrole nitrogens is 1. The summed E-state index contributed by atoms with van der Waals surface area (Å²) in [5, 5.41) is 6.72. The lowest BCUT2D eigenvalue weighted by molar-refractivity contribution is 0.643. The van der Waals surface area contributed by atoms with Crippen molar-refractivity contribution in [2.75, 3.05) is 0 Å². The molecule has 0 aliphatic heterocycles. The van der Waals surface area contributed by atoms with Gasteiger partial charge in [0.05, 0.1) is 12.2 Å². The quantitative estimate of drug-likeness (QED) is 0.716. The molecule has 0 radical (unpaired) electrons. The zero-order valence-electron chi connectivity index (χ0n) is 6.94. The molecule has 1 unspecified atom stereocenters. The van der Waals surface area contributed by atoms with Crippen LogP contribution in [0.5, 0.6) is 0 Å². The summed E-state index contributed by atoms with van der Waals surface area (Å²) in [6.07, 6.45) is 7.88. The van der Waals surface area contributed by atoms with Crippen LogP contribution in [-0.2, 0) is 0 Å². The SMILES string of the molecule is CC(c1cn[nH]c1)n1cccc1. The number of aromatic nitrogens is 3. The Hall–Kier alpha value is -1.51. The van der Waals surface area contributed by atoms with E-state index in [1.165, 1.54) is 5.56 Å². The summed E-state index contributed by atoms with van der Waals surface area (Å²) >= 11 is 0. The highest BCUT2D eigenvalue weighted by molar-refractivity contribution is 5.11. The molecule has 2 rings (SSSR count). The van der Waals surface area contributed by atoms with Crippen LogP contribution in [0.25, 0.3) is 0 Å². The fourth-order valence-corrected chi connectivity index (χ4v) is 1.27. The summed E-state index contributed by atoms with van der Waals surface area (Å²) in [5.41, 5.74) is 1.20. The van der Waals surface area contributed by atoms with E-state index in [1.807, 2.05) is 24.5 Å². The van der Waals surface area contributed by atoms with E-state index in [4.69, 9.17) is 0 Å². The average Bonchev–Trinajstić information content (AvgIpc) is 2.77. The Morgan fingerprint density at radius 1 is 1.42 bits per heavy atom. The van der Waals surface area contributed by atoms with E-state index in [0.717, 1.165) is 0 Å². The smallest absolute Gasteiger partial charge is 0.0582 e. The molecule has 62 valence electrons. The lowest BCUT2D eigenvalue weighted by Gasteiger charge is -2.10. The van der Waals surface area contributed by atoms with Crippen LogP contribution < -0.4 is 0 Å². The van der Waals surface area contributed by atoms with E-state index >= 15 is 0 Å². The second kappa shape index (κ2) is 2.85. The molecule has 0 fully saturated rings. The number of rotatable bonds is 2. The number of aromatic amines is 1. The summed E-state index contributed by atoms with van der Waals surface area (Å²) in [6, 6.07) is 4.41. The van der Waals surface area contributed by atoms with Crippen molar-refractivity contribution in [3.63, 3.8) is 0 Å². The van der Waals surface area contributed by atoms with E-state index in [1.54, 1.807) is 0 Å². The first kappa shape index (κ1) is 7.16. The molecular formula is C9H11N3. The molecule has 3 heteroatoms. The van der Waals surface area contributed by atoms with Crippen molar-refractivity contribution in [3.8, 4) is 0 Å². The third kappa shape index (κ3) is 1.13. The van der Waals surface area contributed by atoms with Gasteiger partial charge in [-0.05, 0) is 19.1 Å². The van der Waals surface area contributed by atoms with E-state index in [0.29, 0.717) is 6.04 Å². The van der Waals surface area contributed by atoms with Crippen LogP contribution in [0.2, 0.25) is 0 Å². The highest BCUT2D eigenvalue weighted by Crippen LogP contribution is 2.15. The first-order valence-electron chi connectivity index (χ1n) is 3.99. The lowest BCUT2D eigenvalue weighted by Crippen LogP contribution is -2.02. The van der Waals surface area contributed by atoms with Gasteiger partial charge in [0, 0.05) is 24.2 Å². The fraction of sp³-hybridized carbons (Fsp3) is 0.222. The van der Waals surface area contributed by atoms with E-state index in [9.17, 15) is 0 Å². The second-order valence-corrected chi connectivity index (χ2v) is 2.84. The standard InChI is InChI=1S/C9H11N3/c1-8(9-6-10-11-7-9)12-4-2-3-5-12/h2-8H,1H3,(H,10,11). The van der Waals surface area contributed by atoms with Gasteiger partial charge >= 0.3 is 0 Å². The van der Waals surface area contributed by atoms with Gasteiger partial charge in [-0.3, -0.25) is 5.10 Å². The van der Waals surface area contributed by atoms with E-state index in [2.05, 4.69) is 34.1 Å². The Balaban J connectivity index is 2.27. The first-order chi connectivity index (χ1) is 5.88. The molecule has 0 amide bonds. The second-order valence-electron chi connectivity index (χ2n) is 2.84. The molecule has 2 aromatic heterocycles. The molecule has 0 aliphatic carbocycles. The van der Waals surface area contributed by atoms with Crippen molar-refractivity contribution in [1.29, 1.82) is 0 Å². The normalized spacial score (nSPS) is 13.1. The molecule has 1 N–H and O–H groups in total. The molecule has 2 heterocycles.